The summed E-state index contributed by atoms with van der Waals surface area (Å²) in [6.45, 7) is 4.60. The van der Waals surface area contributed by atoms with Crippen LogP contribution in [0.15, 0.2) is 42.5 Å². The van der Waals surface area contributed by atoms with Gasteiger partial charge in [0.25, 0.3) is 0 Å². The van der Waals surface area contributed by atoms with E-state index in [0.717, 1.165) is 0 Å². The fourth-order valence-electron chi connectivity index (χ4n) is 2.58. The Morgan fingerprint density at radius 1 is 1.06 bits per heavy atom. The Morgan fingerprint density at radius 3 is 2.50 bits per heavy atom. The van der Waals surface area contributed by atoms with Gasteiger partial charge in [-0.05, 0) is 21.7 Å². The van der Waals surface area contributed by atoms with Crippen molar-refractivity contribution in [1.29, 1.82) is 0 Å². The highest BCUT2D eigenvalue weighted by Gasteiger charge is 2.21. The zero-order valence-electron chi connectivity index (χ0n) is 10.5. The van der Waals surface area contributed by atoms with E-state index >= 15 is 0 Å². The lowest BCUT2D eigenvalue weighted by molar-refractivity contribution is 0.600. The quantitative estimate of drug-likeness (QED) is 0.680. The van der Waals surface area contributed by atoms with Crippen LogP contribution in [-0.4, -0.2) is 7.85 Å². The van der Waals surface area contributed by atoms with Gasteiger partial charge in [-0.25, -0.2) is 0 Å². The Hall–Kier alpha value is -1.24. The monoisotopic (exact) mass is 210 g/mol. The van der Waals surface area contributed by atoms with Crippen molar-refractivity contribution >= 4 is 18.6 Å². The molecule has 0 spiro atoms. The molecule has 0 saturated carbocycles. The standard InChI is InChI=1S/C15H19B/c1-3-11-15(2,16)14-10-6-8-12-7-4-5-9-13(12)14/h4-10H,3,11,16H2,1-2H3. The number of hydrogen-bond donors (Lipinski definition) is 0. The lowest BCUT2D eigenvalue weighted by Crippen LogP contribution is -2.21. The Labute approximate surface area is 99.1 Å². The summed E-state index contributed by atoms with van der Waals surface area (Å²) in [5.41, 5.74) is 1.48. The van der Waals surface area contributed by atoms with Crippen LogP contribution in [0.2, 0.25) is 0 Å². The van der Waals surface area contributed by atoms with Gasteiger partial charge >= 0.3 is 0 Å². The van der Waals surface area contributed by atoms with Crippen LogP contribution in [0.25, 0.3) is 10.8 Å². The highest BCUT2D eigenvalue weighted by atomic mass is 14.2. The van der Waals surface area contributed by atoms with E-state index in [2.05, 4.69) is 64.2 Å². The molecule has 82 valence electrons. The van der Waals surface area contributed by atoms with Crippen LogP contribution in [0.4, 0.5) is 0 Å². The minimum Gasteiger partial charge on any atom is -0.0654 e. The molecule has 16 heavy (non-hydrogen) atoms. The maximum absolute atomic E-state index is 2.35. The molecule has 0 radical (unpaired) electrons. The van der Waals surface area contributed by atoms with E-state index in [1.165, 1.54) is 29.2 Å². The van der Waals surface area contributed by atoms with E-state index in [4.69, 9.17) is 0 Å². The topological polar surface area (TPSA) is 0 Å². The summed E-state index contributed by atoms with van der Waals surface area (Å²) in [5.74, 6) is 0. The van der Waals surface area contributed by atoms with Gasteiger partial charge in [0.05, 0.1) is 0 Å². The third kappa shape index (κ3) is 1.99. The van der Waals surface area contributed by atoms with Gasteiger partial charge < -0.3 is 0 Å². The minimum atomic E-state index is 0.273. The molecule has 2 aromatic rings. The number of fused-ring (bicyclic) bond motifs is 1. The molecule has 0 saturated heterocycles. The summed E-state index contributed by atoms with van der Waals surface area (Å²) in [4.78, 5) is 0. The highest BCUT2D eigenvalue weighted by Crippen LogP contribution is 2.31. The van der Waals surface area contributed by atoms with E-state index in [9.17, 15) is 0 Å². The van der Waals surface area contributed by atoms with Crippen molar-refractivity contribution in [3.63, 3.8) is 0 Å². The van der Waals surface area contributed by atoms with Gasteiger partial charge in [-0.2, -0.15) is 0 Å². The zero-order chi connectivity index (χ0) is 11.6. The fraction of sp³-hybridized carbons (Fsp3) is 0.333. The average Bonchev–Trinajstić information content (AvgIpc) is 2.28. The molecular formula is C15H19B. The summed E-state index contributed by atoms with van der Waals surface area (Å²) in [5, 5.41) is 3.03. The van der Waals surface area contributed by atoms with Crippen molar-refractivity contribution in [3.05, 3.63) is 48.0 Å². The lowest BCUT2D eigenvalue weighted by atomic mass is 9.62. The van der Waals surface area contributed by atoms with E-state index in [0.29, 0.717) is 0 Å². The molecule has 0 nitrogen and oxygen atoms in total. The Balaban J connectivity index is 2.60. The molecule has 0 aliphatic heterocycles. The maximum Gasteiger partial charge on any atom is 0.114 e. The molecule has 0 aliphatic rings. The van der Waals surface area contributed by atoms with E-state index < -0.39 is 0 Å². The predicted molar refractivity (Wildman–Crippen MR) is 74.8 cm³/mol. The van der Waals surface area contributed by atoms with Gasteiger partial charge in [0.2, 0.25) is 0 Å². The zero-order valence-corrected chi connectivity index (χ0v) is 10.5. The second-order valence-electron chi connectivity index (χ2n) is 5.16. The summed E-state index contributed by atoms with van der Waals surface area (Å²) >= 11 is 0. The van der Waals surface area contributed by atoms with Gasteiger partial charge in [0, 0.05) is 0 Å². The highest BCUT2D eigenvalue weighted by molar-refractivity contribution is 6.17. The van der Waals surface area contributed by atoms with Crippen LogP contribution in [0.1, 0.15) is 32.3 Å². The summed E-state index contributed by atoms with van der Waals surface area (Å²) in [6, 6.07) is 15.3. The summed E-state index contributed by atoms with van der Waals surface area (Å²) < 4.78 is 0. The van der Waals surface area contributed by atoms with Gasteiger partial charge in [0.15, 0.2) is 0 Å². The molecule has 2 aromatic carbocycles. The molecule has 0 aromatic heterocycles. The Bertz CT molecular complexity index is 480. The third-order valence-corrected chi connectivity index (χ3v) is 3.39. The first-order valence-electron chi connectivity index (χ1n) is 6.13. The average molecular weight is 210 g/mol. The molecule has 1 unspecified atom stereocenters. The second-order valence-corrected chi connectivity index (χ2v) is 5.16. The van der Waals surface area contributed by atoms with E-state index in [-0.39, 0.29) is 5.31 Å². The third-order valence-electron chi connectivity index (χ3n) is 3.39. The lowest BCUT2D eigenvalue weighted by Gasteiger charge is -2.26. The minimum absolute atomic E-state index is 0.273. The van der Waals surface area contributed by atoms with Crippen LogP contribution in [0.3, 0.4) is 0 Å². The second kappa shape index (κ2) is 4.33. The van der Waals surface area contributed by atoms with Gasteiger partial charge in [-0.15, -0.1) is 0 Å². The van der Waals surface area contributed by atoms with Crippen LogP contribution in [-0.2, 0) is 5.31 Å². The van der Waals surface area contributed by atoms with Crippen molar-refractivity contribution in [3.8, 4) is 0 Å². The Morgan fingerprint density at radius 2 is 1.75 bits per heavy atom. The molecule has 0 aliphatic carbocycles. The van der Waals surface area contributed by atoms with E-state index in [1.54, 1.807) is 0 Å². The first-order chi connectivity index (χ1) is 7.65. The fourth-order valence-corrected chi connectivity index (χ4v) is 2.58. The largest absolute Gasteiger partial charge is 0.114 e. The first kappa shape index (κ1) is 11.3. The Kier molecular flexibility index (Phi) is 3.04. The summed E-state index contributed by atoms with van der Waals surface area (Å²) in [7, 11) is 2.35. The van der Waals surface area contributed by atoms with Gasteiger partial charge in [-0.1, -0.05) is 69.2 Å². The van der Waals surface area contributed by atoms with Crippen LogP contribution in [0.5, 0.6) is 0 Å². The molecule has 0 bridgehead atoms. The van der Waals surface area contributed by atoms with Crippen molar-refractivity contribution in [2.45, 2.75) is 32.0 Å². The van der Waals surface area contributed by atoms with Crippen LogP contribution >= 0.6 is 0 Å². The molecule has 1 atom stereocenters. The molecule has 0 amide bonds. The number of benzene rings is 2. The molecule has 0 N–H and O–H groups in total. The van der Waals surface area contributed by atoms with Gasteiger partial charge in [-0.3, -0.25) is 0 Å². The molecule has 0 fully saturated rings. The van der Waals surface area contributed by atoms with Crippen molar-refractivity contribution in [1.82, 2.24) is 0 Å². The molecule has 2 rings (SSSR count). The normalized spacial score (nSPS) is 14.9. The SMILES string of the molecule is BC(C)(CCC)c1cccc2ccccc12. The smallest absolute Gasteiger partial charge is 0.0654 e. The van der Waals surface area contributed by atoms with Gasteiger partial charge in [0.1, 0.15) is 7.85 Å². The molecular weight excluding hydrogens is 191 g/mol. The van der Waals surface area contributed by atoms with Crippen molar-refractivity contribution < 1.29 is 0 Å². The first-order valence-corrected chi connectivity index (χ1v) is 6.13. The predicted octanol–water partition coefficient (Wildman–Crippen LogP) is 3.49. The number of rotatable bonds is 3. The number of hydrogen-bond acceptors (Lipinski definition) is 0. The van der Waals surface area contributed by atoms with Crippen molar-refractivity contribution in [2.24, 2.45) is 0 Å². The summed E-state index contributed by atoms with van der Waals surface area (Å²) in [6.07, 6.45) is 2.47. The molecule has 0 heterocycles. The van der Waals surface area contributed by atoms with E-state index in [1.807, 2.05) is 0 Å². The van der Waals surface area contributed by atoms with Crippen molar-refractivity contribution in [2.75, 3.05) is 0 Å². The van der Waals surface area contributed by atoms with Crippen LogP contribution in [0, 0.1) is 0 Å². The maximum atomic E-state index is 2.35. The van der Waals surface area contributed by atoms with Crippen LogP contribution < -0.4 is 0 Å². The molecule has 1 heteroatoms.